The Kier molecular flexibility index (Phi) is 72.2. The van der Waals surface area contributed by atoms with E-state index >= 15 is 0 Å². The SMILES string of the molecule is C#CSCCC[Si](OCC)(OCC)OCCC.CCO[Si](C)(CCCSSCCC[Si](C)(OCC)OCC)OCC.CCO[Si](CCCOCC1CC1)(OCC)OCC.CO[Si](C)(CCCSSCCC[Si](CO)(OC)OC)OC.CO[Si](CCCOCC1CC1)(OC)OC.Cc1ccc(O)c(Cc2cc(C)cc(Cc3cc(C)ccc3O)c2O)c1. The van der Waals surface area contributed by atoms with Crippen LogP contribution in [0.4, 0.5) is 0 Å². The van der Waals surface area contributed by atoms with Crippen LogP contribution in [0.5, 0.6) is 17.2 Å². The number of phenolic OH excluding ortho intramolecular Hbond substituents is 3. The van der Waals surface area contributed by atoms with Gasteiger partial charge in [-0.2, -0.15) is 0 Å². The van der Waals surface area contributed by atoms with Gasteiger partial charge in [-0.25, -0.2) is 0 Å². The fourth-order valence-corrected chi connectivity index (χ4v) is 33.5. The summed E-state index contributed by atoms with van der Waals surface area (Å²) in [5.74, 6) is 7.77. The van der Waals surface area contributed by atoms with E-state index in [9.17, 15) is 20.4 Å². The third-order valence-electron chi connectivity index (χ3n) is 19.6. The molecule has 2 aliphatic carbocycles. The van der Waals surface area contributed by atoms with Crippen molar-refractivity contribution in [2.24, 2.45) is 11.8 Å². The van der Waals surface area contributed by atoms with E-state index in [0.717, 1.165) is 202 Å². The van der Waals surface area contributed by atoms with Gasteiger partial charge in [0.05, 0.1) is 6.23 Å². The lowest BCUT2D eigenvalue weighted by atomic mass is 9.94. The molecule has 5 rings (SSSR count). The largest absolute Gasteiger partial charge is 0.508 e. The molecular weight excluding hydrogens is 1760 g/mol. The molecule has 3 aromatic carbocycles. The zero-order valence-corrected chi connectivity index (χ0v) is 90.0. The van der Waals surface area contributed by atoms with Gasteiger partial charge in [-0.15, -0.1) is 6.42 Å². The highest BCUT2D eigenvalue weighted by Gasteiger charge is 2.42. The maximum Gasteiger partial charge on any atom is 0.501 e. The van der Waals surface area contributed by atoms with Crippen molar-refractivity contribution in [2.75, 3.05) is 177 Å². The minimum absolute atomic E-state index is 0.0229. The average Bonchev–Trinajstić information content (AvgIpc) is 1.10. The molecule has 35 heteroatoms. The zero-order valence-electron chi connectivity index (χ0n) is 78.9. The number of thioether (sulfide) groups is 1. The van der Waals surface area contributed by atoms with Gasteiger partial charge in [0, 0.05) is 202 Å². The highest BCUT2D eigenvalue weighted by molar-refractivity contribution is 8.77. The molecule has 2 fully saturated rings. The lowest BCUT2D eigenvalue weighted by molar-refractivity contribution is 0.0650. The van der Waals surface area contributed by atoms with Gasteiger partial charge in [0.2, 0.25) is 0 Å². The molecular formula is C86H166O23S5Si7. The van der Waals surface area contributed by atoms with Crippen LogP contribution < -0.4 is 0 Å². The summed E-state index contributed by atoms with van der Waals surface area (Å²) in [7, 11) is 4.06. The number of aliphatic hydroxyl groups excluding tert-OH is 1. The van der Waals surface area contributed by atoms with Gasteiger partial charge in [0.15, 0.2) is 0 Å². The van der Waals surface area contributed by atoms with Gasteiger partial charge < -0.3 is 105 Å². The molecule has 0 saturated heterocycles. The Morgan fingerprint density at radius 3 is 1.02 bits per heavy atom. The van der Waals surface area contributed by atoms with Crippen molar-refractivity contribution in [1.82, 2.24) is 0 Å². The van der Waals surface area contributed by atoms with Crippen molar-refractivity contribution >= 4 is 116 Å². The zero-order chi connectivity index (χ0) is 90.8. The number of rotatable bonds is 67. The first-order valence-electron chi connectivity index (χ1n) is 44.0. The fraction of sp³-hybridized carbons (Fsp3) is 0.767. The van der Waals surface area contributed by atoms with E-state index in [1.165, 1.54) is 61.8 Å². The summed E-state index contributed by atoms with van der Waals surface area (Å²) in [6.45, 7) is 43.0. The predicted octanol–water partition coefficient (Wildman–Crippen LogP) is 20.8. The van der Waals surface area contributed by atoms with E-state index < -0.39 is 60.7 Å². The van der Waals surface area contributed by atoms with Crippen LogP contribution in [-0.2, 0) is 97.6 Å². The molecule has 4 N–H and O–H groups in total. The summed E-state index contributed by atoms with van der Waals surface area (Å²) in [4.78, 5) is 0. The van der Waals surface area contributed by atoms with Crippen LogP contribution in [0.25, 0.3) is 0 Å². The summed E-state index contributed by atoms with van der Waals surface area (Å²) in [5.41, 5.74) is 6.28. The van der Waals surface area contributed by atoms with Gasteiger partial charge >= 0.3 is 60.7 Å². The van der Waals surface area contributed by atoms with Crippen LogP contribution >= 0.6 is 54.9 Å². The topological polar surface area (TPSA) is 256 Å². The minimum atomic E-state index is -2.45. The third kappa shape index (κ3) is 55.8. The maximum atomic E-state index is 10.8. The van der Waals surface area contributed by atoms with Crippen molar-refractivity contribution in [3.05, 3.63) is 87.5 Å². The summed E-state index contributed by atoms with van der Waals surface area (Å²) >= 11 is 1.49. The molecule has 0 bridgehead atoms. The third-order valence-corrected chi connectivity index (χ3v) is 46.6. The Balaban J connectivity index is 0.00000144. The Morgan fingerprint density at radius 2 is 0.702 bits per heavy atom. The van der Waals surface area contributed by atoms with Crippen molar-refractivity contribution in [2.45, 2.75) is 242 Å². The number of terminal acetylenes is 1. The number of phenols is 3. The monoisotopic (exact) mass is 1920 g/mol. The lowest BCUT2D eigenvalue weighted by Crippen LogP contribution is -2.46. The van der Waals surface area contributed by atoms with E-state index in [1.54, 1.807) is 61.9 Å². The molecule has 0 spiro atoms. The van der Waals surface area contributed by atoms with Crippen molar-refractivity contribution in [1.29, 1.82) is 0 Å². The molecule has 2 aliphatic rings. The van der Waals surface area contributed by atoms with E-state index in [2.05, 4.69) is 59.5 Å². The number of aryl methyl sites for hydroxylation is 3. The Bertz CT molecular complexity index is 2890. The maximum absolute atomic E-state index is 10.8. The van der Waals surface area contributed by atoms with Crippen molar-refractivity contribution < 1.29 is 105 Å². The minimum Gasteiger partial charge on any atom is -0.508 e. The molecule has 706 valence electrons. The Labute approximate surface area is 762 Å². The van der Waals surface area contributed by atoms with Gasteiger partial charge in [-0.1, -0.05) is 115 Å². The Morgan fingerprint density at radius 1 is 0.372 bits per heavy atom. The van der Waals surface area contributed by atoms with Gasteiger partial charge in [-0.05, 0) is 255 Å². The van der Waals surface area contributed by atoms with Crippen molar-refractivity contribution in [3.8, 4) is 28.9 Å². The summed E-state index contributed by atoms with van der Waals surface area (Å²) in [5, 5.41) is 42.9. The summed E-state index contributed by atoms with van der Waals surface area (Å²) in [6, 6.07) is 21.4. The standard InChI is InChI=1S/C23H24O3.C16H38O4S2Si2.C13H28O4Si.C12H30O5S2Si2.C12H24O3SSi.C10H22O4Si/c1-14-4-6-21(24)17(8-14)12-19-10-16(3)11-20(23(19)26)13-18-9-15(2)5-7-22(18)25;1-7-17-23(5,18-8-2)15-11-13-21-22-14-12-16-24(6,19-9-3)20-10-4;1-4-15-18(16-5-2,17-6-3)11-7-10-14-12-13-8-9-13;1-14-20(5,15-2)10-6-8-18-19-9-7-11-21(12-13,16-3)17-4;1-5-10-15-17(13-6-2,14-7-3)12-9-11-16-8-4;1-11-15(12-2,13-3)8-4-7-14-9-10-5-6-10/h4-11,24-26H,12-13H2,1-3H3;7-16H2,1-6H3;13H,4-12H2,1-3H3;13H,6-12H2,1-5H3;4H,5-7,9-12H2,1-3H3;10H,4-9H2,1-3H3. The number of aromatic hydroxyl groups is 3. The van der Waals surface area contributed by atoms with Crippen LogP contribution in [0.3, 0.4) is 0 Å². The normalized spacial score (nSPS) is 13.2. The van der Waals surface area contributed by atoms with E-state index in [-0.39, 0.29) is 23.5 Å². The van der Waals surface area contributed by atoms with Crippen LogP contribution in [0, 0.1) is 44.3 Å². The molecule has 121 heavy (non-hydrogen) atoms. The second-order valence-corrected chi connectivity index (χ2v) is 58.4. The molecule has 0 atom stereocenters. The van der Waals surface area contributed by atoms with E-state index in [0.29, 0.717) is 52.5 Å². The summed E-state index contributed by atoms with van der Waals surface area (Å²) < 4.78 is 107. The Hall–Kier alpha value is -0.912. The van der Waals surface area contributed by atoms with Crippen LogP contribution in [-0.4, -0.2) is 258 Å². The number of ether oxygens (including phenoxy) is 2. The predicted molar refractivity (Wildman–Crippen MR) is 523 cm³/mol. The molecule has 0 aliphatic heterocycles. The number of hydrogen-bond acceptors (Lipinski definition) is 28. The molecule has 0 radical (unpaired) electrons. The van der Waals surface area contributed by atoms with Crippen LogP contribution in [0.15, 0.2) is 48.5 Å². The first-order valence-corrected chi connectivity index (χ1v) is 65.6. The quantitative estimate of drug-likeness (QED) is 0.0177. The lowest BCUT2D eigenvalue weighted by Gasteiger charge is -2.28. The smallest absolute Gasteiger partial charge is 0.501 e. The second kappa shape index (κ2) is 72.7. The molecule has 23 nitrogen and oxygen atoms in total. The fourth-order valence-electron chi connectivity index (χ4n) is 12.6. The number of hydrogen-bond donors (Lipinski definition) is 4. The average molecular weight is 1930 g/mol. The number of benzene rings is 3. The molecule has 0 heterocycles. The highest BCUT2D eigenvalue weighted by Crippen LogP contribution is 2.36. The van der Waals surface area contributed by atoms with Gasteiger partial charge in [0.1, 0.15) is 17.2 Å². The summed E-state index contributed by atoms with van der Waals surface area (Å²) in [6.07, 6.45) is 19.8. The first kappa shape index (κ1) is 120. The van der Waals surface area contributed by atoms with E-state index in [4.69, 9.17) is 91.1 Å². The molecule has 0 amide bonds. The van der Waals surface area contributed by atoms with Gasteiger partial charge in [0.25, 0.3) is 0 Å². The molecule has 0 unspecified atom stereocenters. The number of aliphatic hydroxyl groups is 1. The highest BCUT2D eigenvalue weighted by atomic mass is 33.1. The molecule has 0 aromatic heterocycles. The van der Waals surface area contributed by atoms with Gasteiger partial charge in [-0.3, -0.25) is 0 Å². The van der Waals surface area contributed by atoms with Crippen molar-refractivity contribution in [3.63, 3.8) is 0 Å². The first-order chi connectivity index (χ1) is 58.1. The van der Waals surface area contributed by atoms with Crippen LogP contribution in [0.1, 0.15) is 185 Å². The van der Waals surface area contributed by atoms with E-state index in [1.807, 2.05) is 135 Å². The second-order valence-electron chi connectivity index (χ2n) is 29.8. The van der Waals surface area contributed by atoms with Crippen LogP contribution in [0.2, 0.25) is 61.9 Å². The molecule has 2 saturated carbocycles. The molecule has 3 aromatic rings.